The summed E-state index contributed by atoms with van der Waals surface area (Å²) in [7, 11) is 0. The van der Waals surface area contributed by atoms with Crippen LogP contribution in [0.5, 0.6) is 0 Å². The van der Waals surface area contributed by atoms with E-state index in [1.807, 2.05) is 6.92 Å². The molecule has 2 N–H and O–H groups in total. The van der Waals surface area contributed by atoms with Gasteiger partial charge in [-0.25, -0.2) is 0 Å². The van der Waals surface area contributed by atoms with E-state index in [0.717, 1.165) is 36.1 Å². The highest BCUT2D eigenvalue weighted by molar-refractivity contribution is 4.83. The minimum atomic E-state index is 0.750. The van der Waals surface area contributed by atoms with Crippen molar-refractivity contribution in [3.8, 4) is 0 Å². The molecule has 2 atom stereocenters. The summed E-state index contributed by atoms with van der Waals surface area (Å²) in [5, 5.41) is 0. The van der Waals surface area contributed by atoms with Crippen LogP contribution in [-0.2, 0) is 0 Å². The molecule has 0 heterocycles. The molecule has 0 saturated heterocycles. The Morgan fingerprint density at radius 2 is 1.47 bits per heavy atom. The largest absolute Gasteiger partial charge is 0.331 e. The van der Waals surface area contributed by atoms with Gasteiger partial charge < -0.3 is 5.73 Å². The van der Waals surface area contributed by atoms with Gasteiger partial charge in [-0.15, -0.1) is 0 Å². The van der Waals surface area contributed by atoms with Crippen LogP contribution in [0.4, 0.5) is 0 Å². The summed E-state index contributed by atoms with van der Waals surface area (Å²) in [5.41, 5.74) is 4.85. The zero-order valence-electron chi connectivity index (χ0n) is 13.8. The highest BCUT2D eigenvalue weighted by Gasteiger charge is 2.32. The lowest BCUT2D eigenvalue weighted by Gasteiger charge is -2.40. The molecular weight excluding hydrogens is 230 g/mol. The van der Waals surface area contributed by atoms with Gasteiger partial charge in [0.1, 0.15) is 0 Å². The quantitative estimate of drug-likeness (QED) is 0.727. The summed E-state index contributed by atoms with van der Waals surface area (Å²) in [5.74, 6) is 5.15. The predicted molar refractivity (Wildman–Crippen MR) is 86.1 cm³/mol. The van der Waals surface area contributed by atoms with Gasteiger partial charge in [0, 0.05) is 0 Å². The van der Waals surface area contributed by atoms with Crippen LogP contribution in [0, 0.1) is 29.6 Å². The monoisotopic (exact) mass is 267 g/mol. The maximum atomic E-state index is 4.85. The van der Waals surface area contributed by atoms with Crippen molar-refractivity contribution in [2.24, 2.45) is 35.3 Å². The molecule has 2 unspecified atom stereocenters. The maximum Gasteiger partial charge on any atom is -0.0106 e. The smallest absolute Gasteiger partial charge is 0.0106 e. The third-order valence-electron chi connectivity index (χ3n) is 5.54. The average Bonchev–Trinajstić information content (AvgIpc) is 2.40. The lowest BCUT2D eigenvalue weighted by atomic mass is 9.66. The molecule has 2 aliphatic rings. The van der Waals surface area contributed by atoms with Crippen molar-refractivity contribution in [1.82, 2.24) is 0 Å². The molecule has 2 fully saturated rings. The molecule has 0 aromatic carbocycles. The van der Waals surface area contributed by atoms with Crippen molar-refractivity contribution < 1.29 is 0 Å². The molecule has 0 aromatic rings. The summed E-state index contributed by atoms with van der Waals surface area (Å²) in [6.45, 7) is 9.99. The molecule has 2 aliphatic carbocycles. The van der Waals surface area contributed by atoms with Gasteiger partial charge in [-0.05, 0) is 68.2 Å². The Balaban J connectivity index is 0.000000550. The molecule has 19 heavy (non-hydrogen) atoms. The van der Waals surface area contributed by atoms with E-state index in [4.69, 9.17) is 5.73 Å². The van der Waals surface area contributed by atoms with Crippen LogP contribution in [0.3, 0.4) is 0 Å². The van der Waals surface area contributed by atoms with Crippen molar-refractivity contribution in [2.45, 2.75) is 79.1 Å². The van der Waals surface area contributed by atoms with Gasteiger partial charge in [0.2, 0.25) is 0 Å². The van der Waals surface area contributed by atoms with E-state index in [0.29, 0.717) is 0 Å². The Kier molecular flexibility index (Phi) is 8.06. The topological polar surface area (TPSA) is 26.0 Å². The van der Waals surface area contributed by atoms with Crippen molar-refractivity contribution >= 4 is 0 Å². The van der Waals surface area contributed by atoms with Crippen LogP contribution in [0.1, 0.15) is 79.1 Å². The van der Waals surface area contributed by atoms with Crippen molar-refractivity contribution in [1.29, 1.82) is 0 Å². The van der Waals surface area contributed by atoms with Crippen molar-refractivity contribution in [2.75, 3.05) is 6.54 Å². The Morgan fingerprint density at radius 1 is 0.947 bits per heavy atom. The first-order valence-electron chi connectivity index (χ1n) is 8.80. The Morgan fingerprint density at radius 3 is 1.95 bits per heavy atom. The summed E-state index contributed by atoms with van der Waals surface area (Å²) in [4.78, 5) is 0. The molecule has 1 nitrogen and oxygen atoms in total. The van der Waals surface area contributed by atoms with Crippen molar-refractivity contribution in [3.63, 3.8) is 0 Å². The minimum absolute atomic E-state index is 0.750. The molecule has 114 valence electrons. The fraction of sp³-hybridized carbons (Fsp3) is 1.00. The third-order valence-corrected chi connectivity index (χ3v) is 5.54. The normalized spacial score (nSPS) is 35.7. The second-order valence-electron chi connectivity index (χ2n) is 7.25. The number of nitrogens with two attached hydrogens (primary N) is 1. The second-order valence-corrected chi connectivity index (χ2v) is 7.25. The van der Waals surface area contributed by atoms with Crippen LogP contribution in [0.2, 0.25) is 0 Å². The van der Waals surface area contributed by atoms with Gasteiger partial charge in [-0.3, -0.25) is 0 Å². The van der Waals surface area contributed by atoms with E-state index in [-0.39, 0.29) is 0 Å². The molecule has 2 rings (SSSR count). The molecule has 0 aromatic heterocycles. The van der Waals surface area contributed by atoms with Gasteiger partial charge in [-0.1, -0.05) is 47.0 Å². The first-order chi connectivity index (χ1) is 9.10. The summed E-state index contributed by atoms with van der Waals surface area (Å²) < 4.78 is 0. The number of hydrogen-bond donors (Lipinski definition) is 1. The highest BCUT2D eigenvalue weighted by atomic mass is 14.5. The first-order valence-corrected chi connectivity index (χ1v) is 8.80. The Labute approximate surface area is 121 Å². The molecule has 1 heteroatoms. The Hall–Kier alpha value is -0.0400. The molecule has 0 amide bonds. The van der Waals surface area contributed by atoms with Crippen molar-refractivity contribution in [3.05, 3.63) is 0 Å². The molecule has 2 saturated carbocycles. The molecule has 0 bridgehead atoms. The van der Waals surface area contributed by atoms with Gasteiger partial charge in [0.05, 0.1) is 0 Å². The van der Waals surface area contributed by atoms with Gasteiger partial charge in [0.25, 0.3) is 0 Å². The zero-order valence-corrected chi connectivity index (χ0v) is 13.8. The summed E-state index contributed by atoms with van der Waals surface area (Å²) in [6, 6.07) is 0. The van der Waals surface area contributed by atoms with Gasteiger partial charge >= 0.3 is 0 Å². The summed E-state index contributed by atoms with van der Waals surface area (Å²) >= 11 is 0. The fourth-order valence-electron chi connectivity index (χ4n) is 4.29. The van der Waals surface area contributed by atoms with Gasteiger partial charge in [-0.2, -0.15) is 0 Å². The number of hydrogen-bond acceptors (Lipinski definition) is 1. The second kappa shape index (κ2) is 9.00. The lowest BCUT2D eigenvalue weighted by Crippen LogP contribution is -2.29. The van der Waals surface area contributed by atoms with Crippen LogP contribution in [0.25, 0.3) is 0 Å². The van der Waals surface area contributed by atoms with Gasteiger partial charge in [0.15, 0.2) is 0 Å². The molecule has 0 aliphatic heterocycles. The highest BCUT2D eigenvalue weighted by Crippen LogP contribution is 2.43. The standard InChI is InChI=1S/C16H30.C2H7N/c1-12(2)14-8-10-15(11-9-14)16-7-5-4-6-13(16)3;1-2-3/h12-16H,4-11H2,1-3H3;2-3H2,1H3. The van der Waals surface area contributed by atoms with E-state index in [2.05, 4.69) is 20.8 Å². The van der Waals surface area contributed by atoms with E-state index in [9.17, 15) is 0 Å². The van der Waals surface area contributed by atoms with E-state index < -0.39 is 0 Å². The van der Waals surface area contributed by atoms with Crippen LogP contribution >= 0.6 is 0 Å². The third kappa shape index (κ3) is 5.45. The Bertz CT molecular complexity index is 216. The van der Waals surface area contributed by atoms with Crippen LogP contribution in [-0.4, -0.2) is 6.54 Å². The first kappa shape index (κ1) is 17.0. The fourth-order valence-corrected chi connectivity index (χ4v) is 4.29. The zero-order chi connectivity index (χ0) is 14.3. The van der Waals surface area contributed by atoms with E-state index in [1.165, 1.54) is 51.4 Å². The van der Waals surface area contributed by atoms with Crippen LogP contribution < -0.4 is 5.73 Å². The lowest BCUT2D eigenvalue weighted by molar-refractivity contribution is 0.110. The van der Waals surface area contributed by atoms with Crippen LogP contribution in [0.15, 0.2) is 0 Å². The predicted octanol–water partition coefficient (Wildman–Crippen LogP) is 5.24. The SMILES string of the molecule is CC(C)C1CCC(C2CCCCC2C)CC1.CCN. The minimum Gasteiger partial charge on any atom is -0.331 e. The molecule has 0 radical (unpaired) electrons. The number of rotatable bonds is 2. The molecular formula is C18H37N. The molecule has 0 spiro atoms. The van der Waals surface area contributed by atoms with E-state index >= 15 is 0 Å². The summed E-state index contributed by atoms with van der Waals surface area (Å²) in [6.07, 6.45) is 12.2. The van der Waals surface area contributed by atoms with E-state index in [1.54, 1.807) is 0 Å². The maximum absolute atomic E-state index is 4.85. The average molecular weight is 268 g/mol.